The van der Waals surface area contributed by atoms with Crippen molar-refractivity contribution < 1.29 is 4.79 Å². The van der Waals surface area contributed by atoms with Gasteiger partial charge in [0.2, 0.25) is 0 Å². The first kappa shape index (κ1) is 19.0. The number of hydrogen-bond donors (Lipinski definition) is 2. The Morgan fingerprint density at radius 1 is 1.20 bits per heavy atom. The van der Waals surface area contributed by atoms with E-state index in [4.69, 9.17) is 0 Å². The Hall–Kier alpha value is -2.36. The molecule has 2 amide bonds. The smallest absolute Gasteiger partial charge is 0.307 e. The third-order valence-corrected chi connectivity index (χ3v) is 5.14. The summed E-state index contributed by atoms with van der Waals surface area (Å²) in [6.45, 7) is 11.0. The first-order valence-corrected chi connectivity index (χ1v) is 8.89. The van der Waals surface area contributed by atoms with Crippen LogP contribution in [-0.2, 0) is 0 Å². The number of benzene rings is 1. The van der Waals surface area contributed by atoms with Crippen LogP contribution in [0.25, 0.3) is 0 Å². The van der Waals surface area contributed by atoms with Crippen molar-refractivity contribution in [2.45, 2.75) is 41.0 Å². The quantitative estimate of drug-likeness (QED) is 0.432. The van der Waals surface area contributed by atoms with Crippen molar-refractivity contribution in [1.29, 1.82) is 0 Å². The van der Waals surface area contributed by atoms with E-state index < -0.39 is 0 Å². The van der Waals surface area contributed by atoms with Crippen LogP contribution in [-0.4, -0.2) is 11.7 Å². The van der Waals surface area contributed by atoms with Crippen molar-refractivity contribution in [3.05, 3.63) is 53.6 Å². The molecule has 1 aromatic rings. The fraction of sp³-hybridized carbons (Fsp3) is 0.429. The van der Waals surface area contributed by atoms with Gasteiger partial charge < -0.3 is 5.32 Å². The molecule has 0 radical (unpaired) electrons. The molecule has 3 unspecified atom stereocenters. The lowest BCUT2D eigenvalue weighted by atomic mass is 9.71. The number of carbonyl (C=O) groups is 1. The van der Waals surface area contributed by atoms with Crippen LogP contribution in [0.5, 0.6) is 0 Å². The van der Waals surface area contributed by atoms with E-state index in [9.17, 15) is 4.79 Å². The summed E-state index contributed by atoms with van der Waals surface area (Å²) in [7, 11) is 0. The zero-order valence-corrected chi connectivity index (χ0v) is 15.8. The molecule has 0 aliphatic heterocycles. The normalized spacial score (nSPS) is 24.5. The van der Waals surface area contributed by atoms with E-state index in [1.807, 2.05) is 43.3 Å². The van der Waals surface area contributed by atoms with Crippen LogP contribution in [0.3, 0.4) is 0 Å². The summed E-state index contributed by atoms with van der Waals surface area (Å²) in [6, 6.07) is 8.98. The van der Waals surface area contributed by atoms with E-state index in [-0.39, 0.29) is 6.03 Å². The van der Waals surface area contributed by atoms with Gasteiger partial charge in [0.25, 0.3) is 0 Å². The predicted molar refractivity (Wildman–Crippen MR) is 106 cm³/mol. The lowest BCUT2D eigenvalue weighted by Crippen LogP contribution is -2.25. The fourth-order valence-electron chi connectivity index (χ4n) is 3.41. The molecule has 0 aromatic heterocycles. The van der Waals surface area contributed by atoms with Crippen LogP contribution in [0.4, 0.5) is 10.5 Å². The third-order valence-electron chi connectivity index (χ3n) is 5.14. The first-order valence-electron chi connectivity index (χ1n) is 8.89. The van der Waals surface area contributed by atoms with Gasteiger partial charge in [-0.25, -0.2) is 10.2 Å². The van der Waals surface area contributed by atoms with Crippen molar-refractivity contribution >= 4 is 17.4 Å². The number of allylic oxidation sites excluding steroid dienone is 4. The van der Waals surface area contributed by atoms with E-state index in [2.05, 4.69) is 49.6 Å². The minimum Gasteiger partial charge on any atom is -0.307 e. The Balaban J connectivity index is 1.92. The maximum absolute atomic E-state index is 11.8. The number of rotatable bonds is 4. The minimum absolute atomic E-state index is 0.340. The van der Waals surface area contributed by atoms with Gasteiger partial charge in [-0.2, -0.15) is 5.10 Å². The number of urea groups is 1. The topological polar surface area (TPSA) is 53.5 Å². The molecule has 1 aliphatic carbocycles. The summed E-state index contributed by atoms with van der Waals surface area (Å²) in [4.78, 5) is 11.8. The number of hydrazone groups is 1. The van der Waals surface area contributed by atoms with E-state index >= 15 is 0 Å². The molecular formula is C21H29N3O. The second-order valence-corrected chi connectivity index (χ2v) is 7.06. The Kier molecular flexibility index (Phi) is 6.57. The number of nitrogens with zero attached hydrogens (tertiary/aromatic N) is 1. The Bertz CT molecular complexity index is 688. The molecule has 1 aromatic carbocycles. The standard InChI is InChI=1S/C21H29N3O/c1-14-13-15(2)20(18(5)17(14)4)12-11-16(3)23-24-21(25)22-19-9-7-6-8-10-19/h6-12,15,18,20H,13H2,1-5H3,(H2,22,24,25)/b12-11+,23-16+. The summed E-state index contributed by atoms with van der Waals surface area (Å²) in [5, 5.41) is 6.88. The Morgan fingerprint density at radius 3 is 2.56 bits per heavy atom. The molecule has 3 atom stereocenters. The molecule has 2 N–H and O–H groups in total. The minimum atomic E-state index is -0.340. The number of anilines is 1. The third kappa shape index (κ3) is 5.31. The van der Waals surface area contributed by atoms with Crippen molar-refractivity contribution in [3.63, 3.8) is 0 Å². The van der Waals surface area contributed by atoms with Gasteiger partial charge in [-0.1, -0.05) is 49.3 Å². The molecule has 0 bridgehead atoms. The van der Waals surface area contributed by atoms with Crippen LogP contribution in [0.1, 0.15) is 41.0 Å². The molecule has 0 fully saturated rings. The molecule has 1 aliphatic rings. The molecule has 0 saturated heterocycles. The molecule has 0 heterocycles. The van der Waals surface area contributed by atoms with E-state index in [0.717, 1.165) is 17.8 Å². The van der Waals surface area contributed by atoms with Gasteiger partial charge >= 0.3 is 6.03 Å². The molecule has 4 nitrogen and oxygen atoms in total. The highest BCUT2D eigenvalue weighted by Crippen LogP contribution is 2.38. The highest BCUT2D eigenvalue weighted by Gasteiger charge is 2.28. The maximum Gasteiger partial charge on any atom is 0.339 e. The predicted octanol–water partition coefficient (Wildman–Crippen LogP) is 5.37. The molecule has 0 saturated carbocycles. The van der Waals surface area contributed by atoms with E-state index in [1.54, 1.807) is 0 Å². The molecule has 25 heavy (non-hydrogen) atoms. The van der Waals surface area contributed by atoms with E-state index in [0.29, 0.717) is 17.8 Å². The monoisotopic (exact) mass is 339 g/mol. The Morgan fingerprint density at radius 2 is 1.88 bits per heavy atom. The van der Waals surface area contributed by atoms with Crippen LogP contribution in [0.15, 0.2) is 58.7 Å². The zero-order chi connectivity index (χ0) is 18.4. The second-order valence-electron chi connectivity index (χ2n) is 7.06. The zero-order valence-electron chi connectivity index (χ0n) is 15.8. The van der Waals surface area contributed by atoms with Gasteiger partial charge in [0.15, 0.2) is 0 Å². The molecule has 134 valence electrons. The highest BCUT2D eigenvalue weighted by atomic mass is 16.2. The molecule has 4 heteroatoms. The Labute approximate surface area is 151 Å². The number of carbonyl (C=O) groups excluding carboxylic acids is 1. The molecule has 0 spiro atoms. The van der Waals surface area contributed by atoms with Crippen LogP contribution in [0.2, 0.25) is 0 Å². The van der Waals surface area contributed by atoms with Crippen molar-refractivity contribution in [2.24, 2.45) is 22.9 Å². The number of nitrogens with one attached hydrogen (secondary N) is 2. The average molecular weight is 339 g/mol. The van der Waals surface area contributed by atoms with Crippen molar-refractivity contribution in [2.75, 3.05) is 5.32 Å². The number of hydrogen-bond acceptors (Lipinski definition) is 2. The van der Waals surface area contributed by atoms with Crippen LogP contribution in [0, 0.1) is 17.8 Å². The molecule has 2 rings (SSSR count). The van der Waals surface area contributed by atoms with Crippen molar-refractivity contribution in [1.82, 2.24) is 5.43 Å². The molecular weight excluding hydrogens is 310 g/mol. The first-order chi connectivity index (χ1) is 11.9. The van der Waals surface area contributed by atoms with Gasteiger partial charge in [0, 0.05) is 5.69 Å². The summed E-state index contributed by atoms with van der Waals surface area (Å²) < 4.78 is 0. The van der Waals surface area contributed by atoms with Gasteiger partial charge in [0.1, 0.15) is 0 Å². The number of para-hydroxylation sites is 1. The van der Waals surface area contributed by atoms with E-state index in [1.165, 1.54) is 11.1 Å². The van der Waals surface area contributed by atoms with Crippen molar-refractivity contribution in [3.8, 4) is 0 Å². The second kappa shape index (κ2) is 8.65. The lowest BCUT2D eigenvalue weighted by Gasteiger charge is -2.34. The maximum atomic E-state index is 11.8. The van der Waals surface area contributed by atoms with Crippen LogP contribution < -0.4 is 10.7 Å². The largest absolute Gasteiger partial charge is 0.339 e. The summed E-state index contributed by atoms with van der Waals surface area (Å²) in [5.41, 5.74) is 7.08. The van der Waals surface area contributed by atoms with Gasteiger partial charge in [-0.05, 0) is 63.2 Å². The summed E-state index contributed by atoms with van der Waals surface area (Å²) in [5.74, 6) is 1.67. The average Bonchev–Trinajstić information content (AvgIpc) is 2.59. The fourth-order valence-corrected chi connectivity index (χ4v) is 3.41. The summed E-state index contributed by atoms with van der Waals surface area (Å²) >= 11 is 0. The van der Waals surface area contributed by atoms with Gasteiger partial charge in [-0.15, -0.1) is 0 Å². The van der Waals surface area contributed by atoms with Crippen LogP contribution >= 0.6 is 0 Å². The summed E-state index contributed by atoms with van der Waals surface area (Å²) in [6.07, 6.45) is 5.40. The lowest BCUT2D eigenvalue weighted by molar-refractivity contribution is 0.252. The number of amides is 2. The SMILES string of the molecule is CC1=C(C)C(C)C(/C=C/C(C)=N/NC(=O)Nc2ccccc2)C(C)C1. The van der Waals surface area contributed by atoms with Gasteiger partial charge in [0.05, 0.1) is 5.71 Å². The van der Waals surface area contributed by atoms with Gasteiger partial charge in [-0.3, -0.25) is 0 Å². The highest BCUT2D eigenvalue weighted by molar-refractivity contribution is 5.95.